The molecule has 1 N–H and O–H groups in total. The van der Waals surface area contributed by atoms with Crippen LogP contribution in [0.25, 0.3) is 0 Å². The van der Waals surface area contributed by atoms with Crippen LogP contribution in [-0.4, -0.2) is 5.91 Å². The van der Waals surface area contributed by atoms with E-state index in [-0.39, 0.29) is 12.3 Å². The number of nitriles is 1. The summed E-state index contributed by atoms with van der Waals surface area (Å²) in [7, 11) is 0. The number of carbonyl (C=O) groups is 1. The maximum Gasteiger partial charge on any atom is 0.234 e. The second-order valence-corrected chi connectivity index (χ2v) is 4.53. The summed E-state index contributed by atoms with van der Waals surface area (Å²) >= 11 is 0. The molecule has 0 aliphatic heterocycles. The van der Waals surface area contributed by atoms with Gasteiger partial charge in [0.05, 0.1) is 6.07 Å². The van der Waals surface area contributed by atoms with Crippen LogP contribution in [0.3, 0.4) is 0 Å². The van der Waals surface area contributed by atoms with Crippen molar-refractivity contribution in [2.24, 2.45) is 0 Å². The van der Waals surface area contributed by atoms with Crippen LogP contribution in [0, 0.1) is 11.3 Å². The maximum atomic E-state index is 11.2. The van der Waals surface area contributed by atoms with E-state index >= 15 is 0 Å². The van der Waals surface area contributed by atoms with Gasteiger partial charge in [-0.2, -0.15) is 5.26 Å². The van der Waals surface area contributed by atoms with Gasteiger partial charge in [0.25, 0.3) is 0 Å². The second kappa shape index (κ2) is 7.71. The number of hydrogen-bond donors (Lipinski definition) is 1. The lowest BCUT2D eigenvalue weighted by molar-refractivity contribution is -0.120. The molecule has 2 aromatic rings. The Morgan fingerprint density at radius 1 is 1.05 bits per heavy atom. The van der Waals surface area contributed by atoms with Crippen molar-refractivity contribution in [1.82, 2.24) is 5.32 Å². The van der Waals surface area contributed by atoms with E-state index in [0.29, 0.717) is 13.2 Å². The van der Waals surface area contributed by atoms with Crippen LogP contribution in [0.1, 0.15) is 17.5 Å². The van der Waals surface area contributed by atoms with Gasteiger partial charge in [0.2, 0.25) is 5.91 Å². The summed E-state index contributed by atoms with van der Waals surface area (Å²) in [4.78, 5) is 11.2. The number of rotatable bonds is 6. The van der Waals surface area contributed by atoms with E-state index < -0.39 is 0 Å². The van der Waals surface area contributed by atoms with Crippen molar-refractivity contribution in [2.45, 2.75) is 19.6 Å². The zero-order valence-electron chi connectivity index (χ0n) is 11.6. The van der Waals surface area contributed by atoms with Gasteiger partial charge in [-0.3, -0.25) is 4.79 Å². The first-order chi connectivity index (χ1) is 10.3. The fourth-order valence-electron chi connectivity index (χ4n) is 1.78. The first-order valence-electron chi connectivity index (χ1n) is 6.67. The third kappa shape index (κ3) is 5.00. The van der Waals surface area contributed by atoms with E-state index in [2.05, 4.69) is 5.32 Å². The van der Waals surface area contributed by atoms with Gasteiger partial charge in [-0.05, 0) is 23.3 Å². The fourth-order valence-corrected chi connectivity index (χ4v) is 1.78. The largest absolute Gasteiger partial charge is 0.489 e. The minimum absolute atomic E-state index is 0.113. The van der Waals surface area contributed by atoms with Crippen LogP contribution in [-0.2, 0) is 17.9 Å². The number of benzene rings is 2. The molecular weight excluding hydrogens is 264 g/mol. The van der Waals surface area contributed by atoms with Gasteiger partial charge >= 0.3 is 0 Å². The number of amides is 1. The standard InChI is InChI=1S/C17H16N2O2/c18-11-10-17(20)19-12-14-6-8-16(9-7-14)21-13-15-4-2-1-3-5-15/h1-9H,10,12-13H2,(H,19,20). The predicted molar refractivity (Wildman–Crippen MR) is 79.3 cm³/mol. The van der Waals surface area contributed by atoms with Crippen molar-refractivity contribution in [3.8, 4) is 11.8 Å². The molecule has 0 saturated carbocycles. The topological polar surface area (TPSA) is 62.1 Å². The minimum atomic E-state index is -0.262. The lowest BCUT2D eigenvalue weighted by Crippen LogP contribution is -2.21. The van der Waals surface area contributed by atoms with Crippen molar-refractivity contribution >= 4 is 5.91 Å². The average Bonchev–Trinajstić information content (AvgIpc) is 2.53. The molecule has 0 heterocycles. The van der Waals surface area contributed by atoms with E-state index in [1.54, 1.807) is 0 Å². The number of carbonyl (C=O) groups excluding carboxylic acids is 1. The number of ether oxygens (including phenoxy) is 1. The highest BCUT2D eigenvalue weighted by Crippen LogP contribution is 2.14. The number of hydrogen-bond acceptors (Lipinski definition) is 3. The Morgan fingerprint density at radius 2 is 1.76 bits per heavy atom. The lowest BCUT2D eigenvalue weighted by Gasteiger charge is -2.08. The smallest absolute Gasteiger partial charge is 0.234 e. The Kier molecular flexibility index (Phi) is 5.36. The van der Waals surface area contributed by atoms with E-state index in [4.69, 9.17) is 10.00 Å². The molecule has 2 rings (SSSR count). The van der Waals surface area contributed by atoms with Crippen LogP contribution in [0.5, 0.6) is 5.75 Å². The Labute approximate surface area is 124 Å². The molecule has 0 fully saturated rings. The number of nitrogens with one attached hydrogen (secondary N) is 1. The molecule has 106 valence electrons. The molecule has 0 saturated heterocycles. The Morgan fingerprint density at radius 3 is 2.43 bits per heavy atom. The lowest BCUT2D eigenvalue weighted by atomic mass is 10.2. The van der Waals surface area contributed by atoms with Crippen molar-refractivity contribution in [2.75, 3.05) is 0 Å². The van der Waals surface area contributed by atoms with Gasteiger partial charge in [-0.1, -0.05) is 42.5 Å². The highest BCUT2D eigenvalue weighted by Gasteiger charge is 2.00. The van der Waals surface area contributed by atoms with Crippen molar-refractivity contribution < 1.29 is 9.53 Å². The summed E-state index contributed by atoms with van der Waals surface area (Å²) in [5, 5.41) is 11.1. The molecule has 0 spiro atoms. The summed E-state index contributed by atoms with van der Waals surface area (Å²) < 4.78 is 5.68. The molecular formula is C17H16N2O2. The van der Waals surface area contributed by atoms with Gasteiger partial charge in [0.15, 0.2) is 0 Å². The van der Waals surface area contributed by atoms with Crippen LogP contribution in [0.15, 0.2) is 54.6 Å². The van der Waals surface area contributed by atoms with Gasteiger partial charge in [-0.15, -0.1) is 0 Å². The van der Waals surface area contributed by atoms with Crippen molar-refractivity contribution in [3.05, 3.63) is 65.7 Å². The van der Waals surface area contributed by atoms with Crippen LogP contribution >= 0.6 is 0 Å². The van der Waals surface area contributed by atoms with E-state index in [0.717, 1.165) is 16.9 Å². The maximum absolute atomic E-state index is 11.2. The highest BCUT2D eigenvalue weighted by molar-refractivity contribution is 5.77. The van der Waals surface area contributed by atoms with Crippen LogP contribution in [0.2, 0.25) is 0 Å². The Balaban J connectivity index is 1.82. The summed E-state index contributed by atoms with van der Waals surface area (Å²) in [6, 6.07) is 19.3. The molecule has 0 atom stereocenters. The third-order valence-electron chi connectivity index (χ3n) is 2.90. The fraction of sp³-hybridized carbons (Fsp3) is 0.176. The molecule has 0 aliphatic rings. The van der Waals surface area contributed by atoms with Gasteiger partial charge < -0.3 is 10.1 Å². The Bertz CT molecular complexity index is 615. The van der Waals surface area contributed by atoms with Crippen LogP contribution < -0.4 is 10.1 Å². The normalized spacial score (nSPS) is 9.67. The van der Waals surface area contributed by atoms with Gasteiger partial charge in [-0.25, -0.2) is 0 Å². The summed E-state index contributed by atoms with van der Waals surface area (Å²) in [5.74, 6) is 0.521. The van der Waals surface area contributed by atoms with Crippen LogP contribution in [0.4, 0.5) is 0 Å². The Hall–Kier alpha value is -2.80. The summed E-state index contributed by atoms with van der Waals surface area (Å²) in [5.41, 5.74) is 2.08. The third-order valence-corrected chi connectivity index (χ3v) is 2.90. The quantitative estimate of drug-likeness (QED) is 0.885. The SMILES string of the molecule is N#CCC(=O)NCc1ccc(OCc2ccccc2)cc1. The molecule has 0 radical (unpaired) electrons. The summed E-state index contributed by atoms with van der Waals surface area (Å²) in [6.45, 7) is 0.943. The predicted octanol–water partition coefficient (Wildman–Crippen LogP) is 2.80. The molecule has 0 unspecified atom stereocenters. The highest BCUT2D eigenvalue weighted by atomic mass is 16.5. The first kappa shape index (κ1) is 14.6. The second-order valence-electron chi connectivity index (χ2n) is 4.53. The van der Waals surface area contributed by atoms with Crippen molar-refractivity contribution in [1.29, 1.82) is 5.26 Å². The molecule has 0 aromatic heterocycles. The molecule has 4 heteroatoms. The molecule has 1 amide bonds. The molecule has 4 nitrogen and oxygen atoms in total. The molecule has 21 heavy (non-hydrogen) atoms. The van der Waals surface area contributed by atoms with Crippen molar-refractivity contribution in [3.63, 3.8) is 0 Å². The minimum Gasteiger partial charge on any atom is -0.489 e. The number of nitrogens with zero attached hydrogens (tertiary/aromatic N) is 1. The van der Waals surface area contributed by atoms with E-state index in [9.17, 15) is 4.79 Å². The van der Waals surface area contributed by atoms with E-state index in [1.165, 1.54) is 0 Å². The first-order valence-corrected chi connectivity index (χ1v) is 6.67. The molecule has 0 aliphatic carbocycles. The van der Waals surface area contributed by atoms with E-state index in [1.807, 2.05) is 60.7 Å². The monoisotopic (exact) mass is 280 g/mol. The van der Waals surface area contributed by atoms with Gasteiger partial charge in [0.1, 0.15) is 18.8 Å². The summed E-state index contributed by atoms with van der Waals surface area (Å²) in [6.07, 6.45) is -0.113. The molecule has 0 bridgehead atoms. The average molecular weight is 280 g/mol. The zero-order chi connectivity index (χ0) is 14.9. The molecule has 2 aromatic carbocycles. The zero-order valence-corrected chi connectivity index (χ0v) is 11.6. The van der Waals surface area contributed by atoms with Gasteiger partial charge in [0, 0.05) is 6.54 Å².